The predicted molar refractivity (Wildman–Crippen MR) is 71.7 cm³/mol. The molecule has 2 atom stereocenters. The highest BCUT2D eigenvalue weighted by Crippen LogP contribution is 2.19. The number of rotatable bonds is 5. The molecule has 0 bridgehead atoms. The van der Waals surface area contributed by atoms with Crippen LogP contribution >= 0.6 is 11.3 Å². The molecule has 1 rings (SSSR count). The van der Waals surface area contributed by atoms with Crippen molar-refractivity contribution in [2.24, 2.45) is 0 Å². The van der Waals surface area contributed by atoms with Crippen molar-refractivity contribution in [1.82, 2.24) is 10.3 Å². The highest BCUT2D eigenvalue weighted by atomic mass is 32.2. The van der Waals surface area contributed by atoms with Crippen LogP contribution in [-0.2, 0) is 10.8 Å². The van der Waals surface area contributed by atoms with Gasteiger partial charge in [0.1, 0.15) is 4.88 Å². The summed E-state index contributed by atoms with van der Waals surface area (Å²) in [6, 6.07) is -0.00544. The third-order valence-electron chi connectivity index (χ3n) is 2.24. The van der Waals surface area contributed by atoms with Gasteiger partial charge < -0.3 is 11.1 Å². The predicted octanol–water partition coefficient (Wildman–Crippen LogP) is 0.921. The molecular weight excluding hydrogens is 258 g/mol. The minimum absolute atomic E-state index is 0.00544. The molecule has 0 aliphatic heterocycles. The first-order valence-corrected chi connectivity index (χ1v) is 7.78. The second-order valence-electron chi connectivity index (χ2n) is 3.91. The molecule has 96 valence electrons. The summed E-state index contributed by atoms with van der Waals surface area (Å²) in [6.07, 6.45) is 2.35. The van der Waals surface area contributed by atoms with Gasteiger partial charge in [-0.1, -0.05) is 11.3 Å². The number of nitrogens with two attached hydrogens (primary N) is 1. The summed E-state index contributed by atoms with van der Waals surface area (Å²) < 4.78 is 10.9. The van der Waals surface area contributed by atoms with Gasteiger partial charge in [-0.3, -0.25) is 9.00 Å². The maximum Gasteiger partial charge on any atom is 0.263 e. The number of nitrogens with zero attached hydrogens (tertiary/aromatic N) is 1. The van der Waals surface area contributed by atoms with Gasteiger partial charge in [-0.05, 0) is 20.3 Å². The lowest BCUT2D eigenvalue weighted by Gasteiger charge is -2.12. The molecule has 0 aliphatic carbocycles. The van der Waals surface area contributed by atoms with E-state index in [2.05, 4.69) is 10.3 Å². The van der Waals surface area contributed by atoms with E-state index < -0.39 is 10.8 Å². The van der Waals surface area contributed by atoms with Crippen LogP contribution in [-0.4, -0.2) is 33.2 Å². The lowest BCUT2D eigenvalue weighted by Crippen LogP contribution is -2.33. The number of carbonyl (C=O) groups excluding carboxylic acids is 1. The Balaban J connectivity index is 2.54. The number of nitrogen functional groups attached to an aromatic ring is 1. The van der Waals surface area contributed by atoms with E-state index in [0.29, 0.717) is 27.9 Å². The number of hydrogen-bond acceptors (Lipinski definition) is 5. The van der Waals surface area contributed by atoms with Crippen molar-refractivity contribution in [3.8, 4) is 0 Å². The Morgan fingerprint density at radius 3 is 2.76 bits per heavy atom. The first-order valence-electron chi connectivity index (χ1n) is 5.24. The molecule has 1 aromatic rings. The highest BCUT2D eigenvalue weighted by molar-refractivity contribution is 7.84. The molecule has 1 heterocycles. The fourth-order valence-corrected chi connectivity index (χ4v) is 2.75. The van der Waals surface area contributed by atoms with E-state index in [9.17, 15) is 9.00 Å². The van der Waals surface area contributed by atoms with Crippen LogP contribution in [0.3, 0.4) is 0 Å². The molecule has 0 spiro atoms. The first kappa shape index (κ1) is 14.1. The zero-order valence-electron chi connectivity index (χ0n) is 10.1. The van der Waals surface area contributed by atoms with Crippen LogP contribution < -0.4 is 11.1 Å². The second-order valence-corrected chi connectivity index (χ2v) is 6.49. The Bertz CT molecular complexity index is 431. The largest absolute Gasteiger partial charge is 0.375 e. The molecule has 3 N–H and O–H groups in total. The summed E-state index contributed by atoms with van der Waals surface area (Å²) in [5, 5.41) is 3.25. The van der Waals surface area contributed by atoms with Gasteiger partial charge in [0.15, 0.2) is 5.13 Å². The third-order valence-corrected chi connectivity index (χ3v) is 4.03. The molecule has 1 aromatic heterocycles. The summed E-state index contributed by atoms with van der Waals surface area (Å²) in [6.45, 7) is 3.65. The molecule has 0 radical (unpaired) electrons. The maximum absolute atomic E-state index is 11.9. The van der Waals surface area contributed by atoms with Crippen molar-refractivity contribution in [3.05, 3.63) is 10.6 Å². The van der Waals surface area contributed by atoms with E-state index in [4.69, 9.17) is 5.73 Å². The zero-order valence-corrected chi connectivity index (χ0v) is 11.8. The number of carbonyl (C=O) groups is 1. The molecule has 1 amide bonds. The summed E-state index contributed by atoms with van der Waals surface area (Å²) in [4.78, 5) is 16.4. The van der Waals surface area contributed by atoms with E-state index in [1.807, 2.05) is 6.92 Å². The molecule has 0 aliphatic rings. The first-order chi connectivity index (χ1) is 7.90. The molecule has 0 fully saturated rings. The SMILES string of the molecule is Cc1nc(N)sc1C(=O)NC(C)CCS(C)=O. The quantitative estimate of drug-likeness (QED) is 0.837. The molecule has 17 heavy (non-hydrogen) atoms. The van der Waals surface area contributed by atoms with Crippen LogP contribution in [0.4, 0.5) is 5.13 Å². The molecule has 0 aromatic carbocycles. The summed E-state index contributed by atoms with van der Waals surface area (Å²) >= 11 is 1.18. The van der Waals surface area contributed by atoms with Crippen molar-refractivity contribution in [1.29, 1.82) is 0 Å². The topological polar surface area (TPSA) is 85.1 Å². The van der Waals surface area contributed by atoms with Crippen molar-refractivity contribution >= 4 is 33.2 Å². The third kappa shape index (κ3) is 4.43. The summed E-state index contributed by atoms with van der Waals surface area (Å²) in [5.41, 5.74) is 6.18. The lowest BCUT2D eigenvalue weighted by molar-refractivity contribution is 0.0942. The summed E-state index contributed by atoms with van der Waals surface area (Å²) in [5.74, 6) is 0.428. The zero-order chi connectivity index (χ0) is 13.0. The Labute approximate surface area is 107 Å². The Kier molecular flexibility index (Phi) is 5.07. The van der Waals surface area contributed by atoms with Gasteiger partial charge in [0.05, 0.1) is 5.69 Å². The molecule has 7 heteroatoms. The van der Waals surface area contributed by atoms with Gasteiger partial charge in [-0.2, -0.15) is 0 Å². The Hall–Kier alpha value is -0.950. The smallest absolute Gasteiger partial charge is 0.263 e. The van der Waals surface area contributed by atoms with Gasteiger partial charge in [0, 0.05) is 28.9 Å². The number of aryl methyl sites for hydroxylation is 1. The average Bonchev–Trinajstić information content (AvgIpc) is 2.55. The van der Waals surface area contributed by atoms with E-state index in [1.54, 1.807) is 13.2 Å². The van der Waals surface area contributed by atoms with Crippen molar-refractivity contribution < 1.29 is 9.00 Å². The van der Waals surface area contributed by atoms with Crippen LogP contribution in [0, 0.1) is 6.92 Å². The fourth-order valence-electron chi connectivity index (χ4n) is 1.33. The molecule has 0 saturated heterocycles. The van der Waals surface area contributed by atoms with Gasteiger partial charge in [0.2, 0.25) is 0 Å². The van der Waals surface area contributed by atoms with Gasteiger partial charge in [0.25, 0.3) is 5.91 Å². The minimum Gasteiger partial charge on any atom is -0.375 e. The Morgan fingerprint density at radius 1 is 1.65 bits per heavy atom. The minimum atomic E-state index is -0.827. The number of amides is 1. The number of anilines is 1. The van der Waals surface area contributed by atoms with Crippen LogP contribution in [0.5, 0.6) is 0 Å². The number of nitrogens with one attached hydrogen (secondary N) is 1. The number of thiazole rings is 1. The summed E-state index contributed by atoms with van der Waals surface area (Å²) in [7, 11) is -0.827. The monoisotopic (exact) mass is 275 g/mol. The normalized spacial score (nSPS) is 14.3. The van der Waals surface area contributed by atoms with E-state index in [0.717, 1.165) is 0 Å². The van der Waals surface area contributed by atoms with Crippen LogP contribution in [0.25, 0.3) is 0 Å². The molecule has 0 saturated carbocycles. The molecule has 2 unspecified atom stereocenters. The highest BCUT2D eigenvalue weighted by Gasteiger charge is 2.16. The number of aromatic nitrogens is 1. The van der Waals surface area contributed by atoms with Crippen molar-refractivity contribution in [2.45, 2.75) is 26.3 Å². The van der Waals surface area contributed by atoms with Crippen molar-refractivity contribution in [3.63, 3.8) is 0 Å². The number of hydrogen-bond donors (Lipinski definition) is 2. The van der Waals surface area contributed by atoms with Crippen LogP contribution in [0.1, 0.15) is 28.7 Å². The average molecular weight is 275 g/mol. The van der Waals surface area contributed by atoms with Crippen LogP contribution in [0.2, 0.25) is 0 Å². The second kappa shape index (κ2) is 6.11. The van der Waals surface area contributed by atoms with Crippen LogP contribution in [0.15, 0.2) is 0 Å². The Morgan fingerprint density at radius 2 is 2.29 bits per heavy atom. The maximum atomic E-state index is 11.9. The fraction of sp³-hybridized carbons (Fsp3) is 0.600. The molecular formula is C10H17N3O2S2. The molecule has 5 nitrogen and oxygen atoms in total. The lowest BCUT2D eigenvalue weighted by atomic mass is 10.2. The van der Waals surface area contributed by atoms with E-state index in [1.165, 1.54) is 11.3 Å². The van der Waals surface area contributed by atoms with Gasteiger partial charge in [-0.15, -0.1) is 0 Å². The van der Waals surface area contributed by atoms with Crippen molar-refractivity contribution in [2.75, 3.05) is 17.7 Å². The standard InChI is InChI=1S/C10H17N3O2S2/c1-6(4-5-17(3)15)12-9(14)8-7(2)13-10(11)16-8/h6H,4-5H2,1-3H3,(H2,11,13)(H,12,14). The van der Waals surface area contributed by atoms with E-state index >= 15 is 0 Å². The van der Waals surface area contributed by atoms with Gasteiger partial charge in [-0.25, -0.2) is 4.98 Å². The van der Waals surface area contributed by atoms with E-state index in [-0.39, 0.29) is 11.9 Å². The van der Waals surface area contributed by atoms with Gasteiger partial charge >= 0.3 is 0 Å².